The Morgan fingerprint density at radius 1 is 1.13 bits per heavy atom. The van der Waals surface area contributed by atoms with Crippen LogP contribution in [0, 0.1) is 11.8 Å². The number of nitrogens with zero attached hydrogens (tertiary/aromatic N) is 1. The zero-order valence-corrected chi connectivity index (χ0v) is 17.6. The molecular formula is C24H29N3O3. The summed E-state index contributed by atoms with van der Waals surface area (Å²) in [6.45, 7) is 8.24. The van der Waals surface area contributed by atoms with Crippen LogP contribution in [0.15, 0.2) is 42.5 Å². The van der Waals surface area contributed by atoms with Crippen LogP contribution in [0.4, 0.5) is 5.69 Å². The van der Waals surface area contributed by atoms with Crippen molar-refractivity contribution in [1.82, 2.24) is 10.2 Å². The van der Waals surface area contributed by atoms with Crippen molar-refractivity contribution in [3.05, 3.63) is 59.2 Å². The Balaban J connectivity index is 1.40. The molecule has 0 unspecified atom stereocenters. The summed E-state index contributed by atoms with van der Waals surface area (Å²) in [4.78, 5) is 26.6. The van der Waals surface area contributed by atoms with Crippen molar-refractivity contribution < 1.29 is 14.3 Å². The van der Waals surface area contributed by atoms with Crippen LogP contribution in [0.3, 0.4) is 0 Å². The van der Waals surface area contributed by atoms with E-state index in [-0.39, 0.29) is 18.4 Å². The summed E-state index contributed by atoms with van der Waals surface area (Å²) in [5, 5.41) is 5.76. The molecule has 2 aliphatic rings. The van der Waals surface area contributed by atoms with E-state index in [0.717, 1.165) is 37.0 Å². The third-order valence-corrected chi connectivity index (χ3v) is 5.77. The lowest BCUT2D eigenvalue weighted by Gasteiger charge is -2.35. The monoisotopic (exact) mass is 407 g/mol. The molecule has 158 valence electrons. The lowest BCUT2D eigenvalue weighted by atomic mass is 9.91. The summed E-state index contributed by atoms with van der Waals surface area (Å²) in [7, 11) is 0. The van der Waals surface area contributed by atoms with Crippen LogP contribution in [-0.4, -0.2) is 36.4 Å². The molecule has 0 radical (unpaired) electrons. The molecule has 0 bridgehead atoms. The highest BCUT2D eigenvalue weighted by molar-refractivity contribution is 5.98. The third kappa shape index (κ3) is 4.82. The molecule has 2 aromatic carbocycles. The van der Waals surface area contributed by atoms with Crippen molar-refractivity contribution in [2.45, 2.75) is 33.4 Å². The largest absolute Gasteiger partial charge is 0.482 e. The van der Waals surface area contributed by atoms with Gasteiger partial charge in [0.2, 0.25) is 0 Å². The third-order valence-electron chi connectivity index (χ3n) is 5.77. The van der Waals surface area contributed by atoms with Gasteiger partial charge in [-0.1, -0.05) is 38.1 Å². The topological polar surface area (TPSA) is 70.7 Å². The van der Waals surface area contributed by atoms with Crippen LogP contribution >= 0.6 is 0 Å². The van der Waals surface area contributed by atoms with Crippen LogP contribution in [0.25, 0.3) is 0 Å². The van der Waals surface area contributed by atoms with Crippen molar-refractivity contribution in [3.63, 3.8) is 0 Å². The van der Waals surface area contributed by atoms with Crippen LogP contribution < -0.4 is 15.4 Å². The number of likely N-dealkylation sites (tertiary alicyclic amines) is 1. The van der Waals surface area contributed by atoms with Crippen molar-refractivity contribution in [2.24, 2.45) is 11.8 Å². The molecule has 2 heterocycles. The fraction of sp³-hybridized carbons (Fsp3) is 0.417. The molecule has 30 heavy (non-hydrogen) atoms. The maximum absolute atomic E-state index is 12.7. The number of hydrogen-bond acceptors (Lipinski definition) is 4. The van der Waals surface area contributed by atoms with E-state index in [1.54, 1.807) is 18.2 Å². The van der Waals surface area contributed by atoms with Gasteiger partial charge in [-0.05, 0) is 47.6 Å². The highest BCUT2D eigenvalue weighted by Gasteiger charge is 2.22. The molecule has 2 aliphatic heterocycles. The number of ether oxygens (including phenoxy) is 1. The first kappa shape index (κ1) is 20.4. The molecule has 2 atom stereocenters. The molecule has 2 amide bonds. The molecule has 1 saturated heterocycles. The predicted octanol–water partition coefficient (Wildman–Crippen LogP) is 3.43. The number of benzene rings is 2. The Kier molecular flexibility index (Phi) is 6.04. The van der Waals surface area contributed by atoms with Gasteiger partial charge in [0.15, 0.2) is 6.61 Å². The summed E-state index contributed by atoms with van der Waals surface area (Å²) in [5.41, 5.74) is 3.51. The number of fused-ring (bicyclic) bond motifs is 1. The number of anilines is 1. The van der Waals surface area contributed by atoms with E-state index < -0.39 is 0 Å². The van der Waals surface area contributed by atoms with Gasteiger partial charge in [0.25, 0.3) is 11.8 Å². The van der Waals surface area contributed by atoms with E-state index in [2.05, 4.69) is 47.6 Å². The van der Waals surface area contributed by atoms with E-state index >= 15 is 0 Å². The molecule has 4 rings (SSSR count). The lowest BCUT2D eigenvalue weighted by Crippen LogP contribution is -2.38. The summed E-state index contributed by atoms with van der Waals surface area (Å²) in [5.74, 6) is 1.62. The zero-order valence-electron chi connectivity index (χ0n) is 17.6. The predicted molar refractivity (Wildman–Crippen MR) is 116 cm³/mol. The number of amides is 2. The Bertz CT molecular complexity index is 933. The zero-order chi connectivity index (χ0) is 21.1. The summed E-state index contributed by atoms with van der Waals surface area (Å²) < 4.78 is 5.41. The van der Waals surface area contributed by atoms with Gasteiger partial charge in [-0.3, -0.25) is 14.5 Å². The van der Waals surface area contributed by atoms with Gasteiger partial charge in [-0.15, -0.1) is 0 Å². The number of hydrogen-bond donors (Lipinski definition) is 2. The fourth-order valence-electron chi connectivity index (χ4n) is 4.54. The Morgan fingerprint density at radius 3 is 2.63 bits per heavy atom. The van der Waals surface area contributed by atoms with Crippen molar-refractivity contribution in [2.75, 3.05) is 25.0 Å². The van der Waals surface area contributed by atoms with Crippen LogP contribution in [0.5, 0.6) is 5.75 Å². The first-order valence-corrected chi connectivity index (χ1v) is 10.6. The van der Waals surface area contributed by atoms with E-state index in [9.17, 15) is 9.59 Å². The fourth-order valence-corrected chi connectivity index (χ4v) is 4.54. The van der Waals surface area contributed by atoms with E-state index in [1.165, 1.54) is 12.0 Å². The number of nitrogens with one attached hydrogen (secondary N) is 2. The summed E-state index contributed by atoms with van der Waals surface area (Å²) in [6.07, 6.45) is 1.29. The quantitative estimate of drug-likeness (QED) is 0.797. The summed E-state index contributed by atoms with van der Waals surface area (Å²) in [6, 6.07) is 13.4. The molecule has 2 aromatic rings. The van der Waals surface area contributed by atoms with Crippen LogP contribution in [0.2, 0.25) is 0 Å². The van der Waals surface area contributed by atoms with E-state index in [4.69, 9.17) is 4.74 Å². The normalized spacial score (nSPS) is 21.3. The standard InChI is InChI=1S/C24H29N3O3/c1-16-9-17(2)13-27(12-16)14-20-6-4-3-5-19(20)11-25-24(29)18-7-8-21-22(10-18)30-15-23(28)26-21/h3-8,10,16-17H,9,11-15H2,1-2H3,(H,25,29)(H,26,28)/t16-,17-/m1/s1. The van der Waals surface area contributed by atoms with Crippen LogP contribution in [0.1, 0.15) is 41.8 Å². The Labute approximate surface area is 177 Å². The van der Waals surface area contributed by atoms with Gasteiger partial charge in [0.1, 0.15) is 5.75 Å². The maximum Gasteiger partial charge on any atom is 0.262 e. The minimum atomic E-state index is -0.186. The minimum absolute atomic E-state index is 0.0286. The van der Waals surface area contributed by atoms with Crippen molar-refractivity contribution in [1.29, 1.82) is 0 Å². The highest BCUT2D eigenvalue weighted by Crippen LogP contribution is 2.28. The van der Waals surface area contributed by atoms with Gasteiger partial charge in [-0.25, -0.2) is 0 Å². The van der Waals surface area contributed by atoms with E-state index in [0.29, 0.717) is 23.5 Å². The second-order valence-corrected chi connectivity index (χ2v) is 8.64. The molecule has 0 aliphatic carbocycles. The number of carbonyl (C=O) groups excluding carboxylic acids is 2. The van der Waals surface area contributed by atoms with Gasteiger partial charge in [0.05, 0.1) is 5.69 Å². The van der Waals surface area contributed by atoms with Gasteiger partial charge in [0, 0.05) is 31.7 Å². The Hall–Kier alpha value is -2.86. The average molecular weight is 408 g/mol. The van der Waals surface area contributed by atoms with E-state index in [1.807, 2.05) is 6.07 Å². The molecule has 0 spiro atoms. The maximum atomic E-state index is 12.7. The van der Waals surface area contributed by atoms with Gasteiger partial charge in [-0.2, -0.15) is 0 Å². The van der Waals surface area contributed by atoms with Crippen molar-refractivity contribution in [3.8, 4) is 5.75 Å². The second-order valence-electron chi connectivity index (χ2n) is 8.64. The first-order chi connectivity index (χ1) is 14.5. The Morgan fingerprint density at radius 2 is 1.87 bits per heavy atom. The number of rotatable bonds is 5. The molecule has 6 heteroatoms. The number of piperidine rings is 1. The smallest absolute Gasteiger partial charge is 0.262 e. The SMILES string of the molecule is C[C@@H]1C[C@@H](C)CN(Cc2ccccc2CNC(=O)c2ccc3c(c2)OCC(=O)N3)C1. The lowest BCUT2D eigenvalue weighted by molar-refractivity contribution is -0.118. The second kappa shape index (κ2) is 8.88. The molecule has 2 N–H and O–H groups in total. The molecule has 0 aromatic heterocycles. The molecule has 6 nitrogen and oxygen atoms in total. The first-order valence-electron chi connectivity index (χ1n) is 10.6. The average Bonchev–Trinajstić information content (AvgIpc) is 2.71. The minimum Gasteiger partial charge on any atom is -0.482 e. The van der Waals surface area contributed by atoms with Crippen molar-refractivity contribution >= 4 is 17.5 Å². The molecular weight excluding hydrogens is 378 g/mol. The van der Waals surface area contributed by atoms with Gasteiger partial charge >= 0.3 is 0 Å². The molecule has 0 saturated carbocycles. The molecule has 1 fully saturated rings. The summed E-state index contributed by atoms with van der Waals surface area (Å²) >= 11 is 0. The number of carbonyl (C=O) groups is 2. The highest BCUT2D eigenvalue weighted by atomic mass is 16.5. The van der Waals surface area contributed by atoms with Crippen LogP contribution in [-0.2, 0) is 17.9 Å². The van der Waals surface area contributed by atoms with Gasteiger partial charge < -0.3 is 15.4 Å².